The van der Waals surface area contributed by atoms with Crippen LogP contribution in [0, 0.1) is 0 Å². The number of ether oxygens (including phenoxy) is 2. The van der Waals surface area contributed by atoms with E-state index in [1.165, 1.54) is 32.3 Å². The van der Waals surface area contributed by atoms with Crippen molar-refractivity contribution in [2.45, 2.75) is 83.6 Å². The fourth-order valence-electron chi connectivity index (χ4n) is 6.04. The molecule has 218 valence electrons. The Hall–Kier alpha value is -3.43. The Morgan fingerprint density at radius 2 is 1.85 bits per heavy atom. The Morgan fingerprint density at radius 1 is 1.07 bits per heavy atom. The van der Waals surface area contributed by atoms with Crippen LogP contribution in [0.4, 0.5) is 4.79 Å². The molecule has 2 amide bonds. The lowest BCUT2D eigenvalue weighted by Gasteiger charge is -2.40. The van der Waals surface area contributed by atoms with Crippen LogP contribution in [-0.4, -0.2) is 74.4 Å². The Labute approximate surface area is 240 Å². The second-order valence-corrected chi connectivity index (χ2v) is 13.1. The van der Waals surface area contributed by atoms with E-state index in [0.29, 0.717) is 45.2 Å². The Morgan fingerprint density at radius 3 is 2.56 bits per heavy atom. The summed E-state index contributed by atoms with van der Waals surface area (Å²) in [7, 11) is 0. The summed E-state index contributed by atoms with van der Waals surface area (Å²) in [6, 6.07) is 6.15. The highest BCUT2D eigenvalue weighted by Gasteiger charge is 2.37. The van der Waals surface area contributed by atoms with Gasteiger partial charge in [-0.25, -0.2) is 9.78 Å². The van der Waals surface area contributed by atoms with Crippen LogP contribution in [-0.2, 0) is 27.2 Å². The quantitative estimate of drug-likeness (QED) is 0.461. The predicted molar refractivity (Wildman–Crippen MR) is 155 cm³/mol. The van der Waals surface area contributed by atoms with Crippen molar-refractivity contribution >= 4 is 23.0 Å². The van der Waals surface area contributed by atoms with Gasteiger partial charge in [0.05, 0.1) is 19.3 Å². The van der Waals surface area contributed by atoms with Crippen LogP contribution in [0.3, 0.4) is 0 Å². The molecule has 1 aromatic carbocycles. The first-order valence-electron chi connectivity index (χ1n) is 14.6. The number of fused-ring (bicyclic) bond motifs is 2. The molecule has 9 nitrogen and oxygen atoms in total. The number of hydrogen-bond acceptors (Lipinski definition) is 6. The highest BCUT2D eigenvalue weighted by molar-refractivity contribution is 5.86. The van der Waals surface area contributed by atoms with E-state index in [1.54, 1.807) is 9.80 Å². The first-order valence-corrected chi connectivity index (χ1v) is 14.6. The molecule has 2 aromatic heterocycles. The molecule has 9 heteroatoms. The summed E-state index contributed by atoms with van der Waals surface area (Å²) < 4.78 is 11.7. The number of aromatic amines is 1. The first kappa shape index (κ1) is 27.7. The highest BCUT2D eigenvalue weighted by Crippen LogP contribution is 2.44. The van der Waals surface area contributed by atoms with Gasteiger partial charge in [-0.2, -0.15) is 0 Å². The molecule has 2 fully saturated rings. The van der Waals surface area contributed by atoms with Crippen molar-refractivity contribution in [1.82, 2.24) is 19.8 Å². The van der Waals surface area contributed by atoms with Crippen molar-refractivity contribution in [2.75, 3.05) is 26.3 Å². The molecule has 3 aliphatic rings. The molecule has 41 heavy (non-hydrogen) atoms. The van der Waals surface area contributed by atoms with Crippen LogP contribution < -0.4 is 0 Å². The number of rotatable bonds is 4. The number of aliphatic hydroxyl groups is 1. The standard InChI is InChI=1S/C32H40N4O5/c1-31(2,3)41-30(38)36-10-11-40-18-27(36)23-13-21(12-20-8-9-35(17-26(20)23)29(37)32(4,5)39)22-14-24-25(19-6-7-19)16-34-28(24)33-15-22/h12-16,19,27,39H,6-11,17-18H2,1-5H3,(H,33,34)/t27-/m0/s1. The molecule has 0 bridgehead atoms. The van der Waals surface area contributed by atoms with Crippen molar-refractivity contribution in [3.63, 3.8) is 0 Å². The summed E-state index contributed by atoms with van der Waals surface area (Å²) >= 11 is 0. The Kier molecular flexibility index (Phi) is 6.85. The van der Waals surface area contributed by atoms with Gasteiger partial charge in [-0.1, -0.05) is 6.07 Å². The third kappa shape index (κ3) is 5.57. The zero-order valence-corrected chi connectivity index (χ0v) is 24.6. The topological polar surface area (TPSA) is 108 Å². The van der Waals surface area contributed by atoms with Crippen LogP contribution in [0.15, 0.2) is 30.6 Å². The van der Waals surface area contributed by atoms with E-state index in [4.69, 9.17) is 14.5 Å². The lowest BCUT2D eigenvalue weighted by atomic mass is 9.86. The molecule has 0 radical (unpaired) electrons. The van der Waals surface area contributed by atoms with Gasteiger partial charge in [0.15, 0.2) is 0 Å². The number of carbonyl (C=O) groups is 2. The number of nitrogens with zero attached hydrogens (tertiary/aromatic N) is 3. The SMILES string of the molecule is CC(C)(C)OC(=O)N1CCOC[C@H]1c1cc(-c2cnc3[nH]cc(C4CC4)c3c2)cc2c1CN(C(=O)C(C)(C)O)CC2. The van der Waals surface area contributed by atoms with Crippen LogP contribution in [0.2, 0.25) is 0 Å². The summed E-state index contributed by atoms with van der Waals surface area (Å²) in [5.41, 5.74) is 5.22. The lowest BCUT2D eigenvalue weighted by Crippen LogP contribution is -2.48. The molecule has 6 rings (SSSR count). The number of pyridine rings is 1. The van der Waals surface area contributed by atoms with E-state index < -0.39 is 11.2 Å². The van der Waals surface area contributed by atoms with E-state index in [9.17, 15) is 14.7 Å². The van der Waals surface area contributed by atoms with E-state index >= 15 is 0 Å². The van der Waals surface area contributed by atoms with Crippen molar-refractivity contribution < 1.29 is 24.2 Å². The fourth-order valence-corrected chi connectivity index (χ4v) is 6.04. The maximum Gasteiger partial charge on any atom is 0.410 e. The van der Waals surface area contributed by atoms with Gasteiger partial charge >= 0.3 is 6.09 Å². The Bertz CT molecular complexity index is 1490. The van der Waals surface area contributed by atoms with Crippen LogP contribution >= 0.6 is 0 Å². The molecule has 4 heterocycles. The molecule has 2 N–H and O–H groups in total. The number of hydrogen-bond donors (Lipinski definition) is 2. The molecule has 3 aromatic rings. The largest absolute Gasteiger partial charge is 0.444 e. The first-order chi connectivity index (χ1) is 19.4. The van der Waals surface area contributed by atoms with Crippen molar-refractivity contribution in [1.29, 1.82) is 0 Å². The molecular weight excluding hydrogens is 520 g/mol. The third-order valence-corrected chi connectivity index (χ3v) is 8.22. The number of amides is 2. The van der Waals surface area contributed by atoms with Gasteiger partial charge < -0.3 is 24.5 Å². The molecular formula is C32H40N4O5. The zero-order valence-electron chi connectivity index (χ0n) is 24.6. The third-order valence-electron chi connectivity index (χ3n) is 8.22. The van der Waals surface area contributed by atoms with Crippen molar-refractivity contribution in [3.8, 4) is 11.1 Å². The lowest BCUT2D eigenvalue weighted by molar-refractivity contribution is -0.148. The summed E-state index contributed by atoms with van der Waals surface area (Å²) in [4.78, 5) is 38.0. The predicted octanol–water partition coefficient (Wildman–Crippen LogP) is 5.07. The van der Waals surface area contributed by atoms with Crippen LogP contribution in [0.5, 0.6) is 0 Å². The van der Waals surface area contributed by atoms with Gasteiger partial charge in [-0.3, -0.25) is 9.69 Å². The number of H-pyrrole nitrogens is 1. The summed E-state index contributed by atoms with van der Waals surface area (Å²) in [6.07, 6.45) is 6.67. The zero-order chi connectivity index (χ0) is 29.1. The minimum atomic E-state index is -1.47. The van der Waals surface area contributed by atoms with Gasteiger partial charge in [-0.15, -0.1) is 0 Å². The monoisotopic (exact) mass is 560 g/mol. The minimum Gasteiger partial charge on any atom is -0.444 e. The number of carbonyl (C=O) groups excluding carboxylic acids is 2. The van der Waals surface area contributed by atoms with Gasteiger partial charge in [0.25, 0.3) is 5.91 Å². The van der Waals surface area contributed by atoms with E-state index in [0.717, 1.165) is 38.9 Å². The maximum absolute atomic E-state index is 13.4. The maximum atomic E-state index is 13.4. The number of benzene rings is 1. The number of morpholine rings is 1. The smallest absolute Gasteiger partial charge is 0.410 e. The van der Waals surface area contributed by atoms with Crippen LogP contribution in [0.25, 0.3) is 22.2 Å². The number of aromatic nitrogens is 2. The summed E-state index contributed by atoms with van der Waals surface area (Å²) in [5.74, 6) is 0.290. The van der Waals surface area contributed by atoms with Crippen molar-refractivity contribution in [2.24, 2.45) is 0 Å². The Balaban J connectivity index is 1.45. The molecule has 2 aliphatic heterocycles. The van der Waals surface area contributed by atoms with Gasteiger partial charge in [0, 0.05) is 43.0 Å². The molecule has 1 saturated carbocycles. The average Bonchev–Trinajstić information content (AvgIpc) is 3.68. The van der Waals surface area contributed by atoms with Gasteiger partial charge in [0.1, 0.15) is 16.8 Å². The average molecular weight is 561 g/mol. The van der Waals surface area contributed by atoms with E-state index in [1.807, 2.05) is 27.0 Å². The summed E-state index contributed by atoms with van der Waals surface area (Å²) in [5, 5.41) is 11.6. The molecule has 1 aliphatic carbocycles. The number of nitrogens with one attached hydrogen (secondary N) is 1. The second-order valence-electron chi connectivity index (χ2n) is 13.1. The molecule has 1 atom stereocenters. The van der Waals surface area contributed by atoms with E-state index in [2.05, 4.69) is 29.4 Å². The fraction of sp³-hybridized carbons (Fsp3) is 0.531. The van der Waals surface area contributed by atoms with Crippen molar-refractivity contribution in [3.05, 3.63) is 52.8 Å². The second kappa shape index (κ2) is 10.1. The molecule has 0 spiro atoms. The molecule has 0 unspecified atom stereocenters. The minimum absolute atomic E-state index is 0.309. The van der Waals surface area contributed by atoms with E-state index in [-0.39, 0.29) is 18.0 Å². The normalized spacial score (nSPS) is 19.8. The molecule has 1 saturated heterocycles. The van der Waals surface area contributed by atoms with Gasteiger partial charge in [0.2, 0.25) is 0 Å². The summed E-state index contributed by atoms with van der Waals surface area (Å²) in [6.45, 7) is 10.7. The van der Waals surface area contributed by atoms with Gasteiger partial charge in [-0.05, 0) is 99.7 Å². The van der Waals surface area contributed by atoms with Crippen LogP contribution in [0.1, 0.15) is 81.7 Å². The highest BCUT2D eigenvalue weighted by atomic mass is 16.6.